The molecule has 2 aliphatic rings. The van der Waals surface area contributed by atoms with Crippen molar-refractivity contribution in [3.63, 3.8) is 0 Å². The second-order valence-electron chi connectivity index (χ2n) is 5.57. The third-order valence-corrected chi connectivity index (χ3v) is 4.40. The number of aromatic nitrogens is 2. The molecule has 2 aromatic rings. The van der Waals surface area contributed by atoms with E-state index in [1.54, 1.807) is 18.2 Å². The van der Waals surface area contributed by atoms with Crippen LogP contribution in [0.1, 0.15) is 12.8 Å². The van der Waals surface area contributed by atoms with Gasteiger partial charge >= 0.3 is 17.8 Å². The molecule has 122 valence electrons. The second kappa shape index (κ2) is 5.34. The van der Waals surface area contributed by atoms with Gasteiger partial charge in [-0.15, -0.1) is 0 Å². The summed E-state index contributed by atoms with van der Waals surface area (Å²) in [5.41, 5.74) is 1.61. The Balaban J connectivity index is 1.50. The number of urea groups is 1. The van der Waals surface area contributed by atoms with Crippen LogP contribution in [0.15, 0.2) is 18.2 Å². The summed E-state index contributed by atoms with van der Waals surface area (Å²) in [7, 11) is 0. The van der Waals surface area contributed by atoms with Crippen LogP contribution in [0.25, 0.3) is 11.0 Å². The van der Waals surface area contributed by atoms with E-state index in [2.05, 4.69) is 14.1 Å². The summed E-state index contributed by atoms with van der Waals surface area (Å²) >= 11 is 1.02. The molecule has 1 aromatic carbocycles. The van der Waals surface area contributed by atoms with Crippen molar-refractivity contribution in [2.75, 3.05) is 11.9 Å². The highest BCUT2D eigenvalue weighted by atomic mass is 32.1. The maximum atomic E-state index is 12.2. The second-order valence-corrected chi connectivity index (χ2v) is 6.09. The van der Waals surface area contributed by atoms with Crippen LogP contribution >= 0.6 is 11.7 Å². The molecule has 1 saturated heterocycles. The van der Waals surface area contributed by atoms with E-state index in [9.17, 15) is 19.2 Å². The van der Waals surface area contributed by atoms with Gasteiger partial charge in [0.1, 0.15) is 17.6 Å². The van der Waals surface area contributed by atoms with Crippen molar-refractivity contribution in [3.05, 3.63) is 18.2 Å². The Morgan fingerprint density at radius 2 is 2.00 bits per heavy atom. The van der Waals surface area contributed by atoms with Crippen molar-refractivity contribution in [3.8, 4) is 0 Å². The lowest BCUT2D eigenvalue weighted by Crippen LogP contribution is -2.39. The molecule has 1 aliphatic carbocycles. The number of amides is 5. The van der Waals surface area contributed by atoms with Crippen molar-refractivity contribution in [1.82, 2.24) is 18.5 Å². The van der Waals surface area contributed by atoms with Crippen LogP contribution in [0.4, 0.5) is 10.5 Å². The number of nitrogens with one attached hydrogen (secondary N) is 1. The van der Waals surface area contributed by atoms with Gasteiger partial charge in [-0.05, 0) is 25.0 Å². The fraction of sp³-hybridized carbons (Fsp3) is 0.286. The van der Waals surface area contributed by atoms with Gasteiger partial charge in [-0.25, -0.2) is 9.69 Å². The van der Waals surface area contributed by atoms with Crippen LogP contribution in [-0.2, 0) is 14.4 Å². The third kappa shape index (κ3) is 2.31. The monoisotopic (exact) mass is 345 g/mol. The number of carbonyl (C=O) groups is 4. The van der Waals surface area contributed by atoms with Crippen molar-refractivity contribution >= 4 is 52.2 Å². The number of nitrogens with zero attached hydrogens (tertiary/aromatic N) is 4. The molecule has 0 spiro atoms. The van der Waals surface area contributed by atoms with Crippen LogP contribution in [0.3, 0.4) is 0 Å². The molecule has 4 rings (SSSR count). The van der Waals surface area contributed by atoms with E-state index in [1.807, 2.05) is 0 Å². The Bertz CT molecular complexity index is 890. The summed E-state index contributed by atoms with van der Waals surface area (Å²) in [6.45, 7) is -0.513. The number of imide groups is 2. The maximum absolute atomic E-state index is 12.2. The standard InChI is InChI=1S/C14H11N5O4S/c20-10(15-8-2-1-3-9-11(8)17-24-16-9)6-18-12(21)13(22)19(14(18)23)7-4-5-7/h1-3,7H,4-6H2,(H,15,20). The Kier molecular flexibility index (Phi) is 3.27. The van der Waals surface area contributed by atoms with Gasteiger partial charge < -0.3 is 5.32 Å². The SMILES string of the molecule is O=C(CN1C(=O)C(=O)N(C2CC2)C1=O)Nc1cccc2nsnc12. The van der Waals surface area contributed by atoms with Crippen LogP contribution < -0.4 is 5.32 Å². The summed E-state index contributed by atoms with van der Waals surface area (Å²) < 4.78 is 8.16. The van der Waals surface area contributed by atoms with Gasteiger partial charge in [-0.2, -0.15) is 8.75 Å². The quantitative estimate of drug-likeness (QED) is 0.641. The first kappa shape index (κ1) is 14.7. The molecule has 1 N–H and O–H groups in total. The van der Waals surface area contributed by atoms with Gasteiger partial charge in [0.25, 0.3) is 0 Å². The molecule has 10 heteroatoms. The summed E-state index contributed by atoms with van der Waals surface area (Å²) in [4.78, 5) is 49.8. The predicted octanol–water partition coefficient (Wildman–Crippen LogP) is 0.583. The number of rotatable bonds is 4. The Labute approximate surface area is 139 Å². The lowest BCUT2D eigenvalue weighted by atomic mass is 10.2. The van der Waals surface area contributed by atoms with Gasteiger partial charge in [0.2, 0.25) is 5.91 Å². The minimum Gasteiger partial charge on any atom is -0.323 e. The smallest absolute Gasteiger partial charge is 0.323 e. The highest BCUT2D eigenvalue weighted by Crippen LogP contribution is 2.31. The van der Waals surface area contributed by atoms with E-state index in [1.165, 1.54) is 0 Å². The first-order valence-electron chi connectivity index (χ1n) is 7.26. The van der Waals surface area contributed by atoms with E-state index in [0.29, 0.717) is 34.5 Å². The summed E-state index contributed by atoms with van der Waals surface area (Å²) in [6.07, 6.45) is 1.40. The highest BCUT2D eigenvalue weighted by molar-refractivity contribution is 7.00. The van der Waals surface area contributed by atoms with Crippen LogP contribution in [-0.4, -0.2) is 54.9 Å². The molecule has 0 atom stereocenters. The lowest BCUT2D eigenvalue weighted by Gasteiger charge is -2.14. The Morgan fingerprint density at radius 3 is 2.75 bits per heavy atom. The molecule has 0 radical (unpaired) electrons. The fourth-order valence-corrected chi connectivity index (χ4v) is 3.11. The first-order chi connectivity index (χ1) is 11.6. The molecular formula is C14H11N5O4S. The Hall–Kier alpha value is -2.88. The molecular weight excluding hydrogens is 334 g/mol. The van der Waals surface area contributed by atoms with Crippen LogP contribution in [0, 0.1) is 0 Å². The first-order valence-corrected chi connectivity index (χ1v) is 7.99. The molecule has 9 nitrogen and oxygen atoms in total. The minimum atomic E-state index is -0.962. The summed E-state index contributed by atoms with van der Waals surface area (Å²) in [5, 5.41) is 2.60. The van der Waals surface area contributed by atoms with E-state index < -0.39 is 30.3 Å². The number of hydrogen-bond acceptors (Lipinski definition) is 7. The topological polar surface area (TPSA) is 113 Å². The van der Waals surface area contributed by atoms with Crippen LogP contribution in [0.2, 0.25) is 0 Å². The molecule has 1 aromatic heterocycles. The molecule has 2 fully saturated rings. The fourth-order valence-electron chi connectivity index (χ4n) is 2.56. The van der Waals surface area contributed by atoms with Crippen LogP contribution in [0.5, 0.6) is 0 Å². The molecule has 24 heavy (non-hydrogen) atoms. The molecule has 2 heterocycles. The van der Waals surface area contributed by atoms with E-state index in [0.717, 1.165) is 16.6 Å². The molecule has 0 unspecified atom stereocenters. The average molecular weight is 345 g/mol. The van der Waals surface area contributed by atoms with Gasteiger partial charge in [0, 0.05) is 6.04 Å². The van der Waals surface area contributed by atoms with Gasteiger partial charge in [0.05, 0.1) is 17.4 Å². The molecule has 1 saturated carbocycles. The van der Waals surface area contributed by atoms with Gasteiger partial charge in [-0.1, -0.05) is 6.07 Å². The lowest BCUT2D eigenvalue weighted by molar-refractivity contribution is -0.143. The van der Waals surface area contributed by atoms with Crippen molar-refractivity contribution in [2.24, 2.45) is 0 Å². The van der Waals surface area contributed by atoms with Crippen molar-refractivity contribution < 1.29 is 19.2 Å². The molecule has 1 aliphatic heterocycles. The summed E-state index contributed by atoms with van der Waals surface area (Å²) in [5.74, 6) is -2.40. The Morgan fingerprint density at radius 1 is 1.21 bits per heavy atom. The molecule has 0 bridgehead atoms. The van der Waals surface area contributed by atoms with Gasteiger partial charge in [-0.3, -0.25) is 19.3 Å². The minimum absolute atomic E-state index is 0.211. The number of hydrogen-bond donors (Lipinski definition) is 1. The third-order valence-electron chi connectivity index (χ3n) is 3.86. The largest absolute Gasteiger partial charge is 0.334 e. The normalized spacial score (nSPS) is 17.9. The number of anilines is 1. The summed E-state index contributed by atoms with van der Waals surface area (Å²) in [6, 6.07) is 4.18. The zero-order chi connectivity index (χ0) is 16.8. The van der Waals surface area contributed by atoms with Crippen molar-refractivity contribution in [1.29, 1.82) is 0 Å². The van der Waals surface area contributed by atoms with E-state index in [-0.39, 0.29) is 6.04 Å². The maximum Gasteiger partial charge on any atom is 0.334 e. The predicted molar refractivity (Wildman–Crippen MR) is 83.0 cm³/mol. The molecule has 5 amide bonds. The highest BCUT2D eigenvalue weighted by Gasteiger charge is 2.51. The number of carbonyl (C=O) groups excluding carboxylic acids is 4. The van der Waals surface area contributed by atoms with Gasteiger partial charge in [0.15, 0.2) is 0 Å². The zero-order valence-electron chi connectivity index (χ0n) is 12.3. The van der Waals surface area contributed by atoms with E-state index >= 15 is 0 Å². The number of fused-ring (bicyclic) bond motifs is 1. The zero-order valence-corrected chi connectivity index (χ0v) is 13.1. The number of benzene rings is 1. The van der Waals surface area contributed by atoms with Crippen molar-refractivity contribution in [2.45, 2.75) is 18.9 Å². The average Bonchev–Trinajstić information content (AvgIpc) is 3.22. The van der Waals surface area contributed by atoms with E-state index in [4.69, 9.17) is 0 Å².